The first-order valence-corrected chi connectivity index (χ1v) is 0. The van der Waals surface area contributed by atoms with Gasteiger partial charge in [-0.3, -0.25) is 0 Å². The molecule has 0 rings (SSSR count). The summed E-state index contributed by atoms with van der Waals surface area (Å²) in [6.07, 6.45) is 0. The van der Waals surface area contributed by atoms with E-state index in [0.29, 0.717) is 0 Å². The van der Waals surface area contributed by atoms with E-state index in [9.17, 15) is 0 Å². The molecular formula is CeMnTiZr. The Labute approximate surface area is 104 Å². The molecule has 0 aliphatic heterocycles. The maximum absolute atomic E-state index is 0. The van der Waals surface area contributed by atoms with Crippen LogP contribution in [0.2, 0.25) is 0 Å². The minimum Gasteiger partial charge on any atom is 0 e. The molecule has 0 fully saturated rings. The van der Waals surface area contributed by atoms with Crippen molar-refractivity contribution in [1.29, 1.82) is 0 Å². The molecule has 0 unspecified atom stereocenters. The molecule has 0 N–H and O–H groups in total. The second-order valence-corrected chi connectivity index (χ2v) is 0. The van der Waals surface area contributed by atoms with Gasteiger partial charge in [-0.15, -0.1) is 0 Å². The van der Waals surface area contributed by atoms with Crippen LogP contribution in [0.5, 0.6) is 0 Å². The summed E-state index contributed by atoms with van der Waals surface area (Å²) in [5, 5.41) is 0. The number of hydrogen-bond acceptors (Lipinski definition) is 0. The van der Waals surface area contributed by atoms with Crippen LogP contribution in [0.4, 0.5) is 0 Å². The van der Waals surface area contributed by atoms with Crippen molar-refractivity contribution in [2.75, 3.05) is 0 Å². The molecule has 0 aromatic rings. The fourth-order valence-corrected chi connectivity index (χ4v) is 0. The van der Waals surface area contributed by atoms with Gasteiger partial charge in [0.15, 0.2) is 0 Å². The first-order valence-electron chi connectivity index (χ1n) is 0. The Bertz CT molecular complexity index is 8.00. The third-order valence-electron chi connectivity index (χ3n) is 0. The predicted octanol–water partition coefficient (Wildman–Crippen LogP) is -0.00750. The average Bonchev–Trinajstić information content (AvgIpc) is 0. The minimum absolute atomic E-state index is 0. The summed E-state index contributed by atoms with van der Waals surface area (Å²) in [5.41, 5.74) is 0. The molecular weight excluding hydrogens is 334 g/mol. The first kappa shape index (κ1) is 25.9. The Kier molecular flexibility index (Phi) is 104. The topological polar surface area (TPSA) is 0 Å². The first-order chi connectivity index (χ1) is 0. The van der Waals surface area contributed by atoms with E-state index in [2.05, 4.69) is 0 Å². The van der Waals surface area contributed by atoms with Crippen molar-refractivity contribution in [3.63, 3.8) is 0 Å². The van der Waals surface area contributed by atoms with Gasteiger partial charge >= 0.3 is 0 Å². The van der Waals surface area contributed by atoms with Crippen LogP contribution < -0.4 is 0 Å². The maximum atomic E-state index is 0. The summed E-state index contributed by atoms with van der Waals surface area (Å²) in [7, 11) is 0. The fraction of sp³-hybridized carbons (Fsp3) is 0. The monoisotopic (exact) mass is 333 g/mol. The van der Waals surface area contributed by atoms with E-state index in [4.69, 9.17) is 0 Å². The molecule has 0 amide bonds. The molecule has 4 heteroatoms. The maximum Gasteiger partial charge on any atom is 0 e. The van der Waals surface area contributed by atoms with Gasteiger partial charge in [0.05, 0.1) is 0 Å². The Morgan fingerprint density at radius 1 is 1.00 bits per heavy atom. The van der Waals surface area contributed by atoms with Crippen molar-refractivity contribution in [2.24, 2.45) is 0 Å². The van der Waals surface area contributed by atoms with Crippen LogP contribution in [-0.2, 0) is 65.0 Å². The van der Waals surface area contributed by atoms with Gasteiger partial charge in [0.25, 0.3) is 0 Å². The van der Waals surface area contributed by atoms with Crippen molar-refractivity contribution < 1.29 is 107 Å². The van der Waals surface area contributed by atoms with Crippen LogP contribution in [0.3, 0.4) is 0 Å². The molecule has 0 nitrogen and oxygen atoms in total. The summed E-state index contributed by atoms with van der Waals surface area (Å²) in [6.45, 7) is 0. The van der Waals surface area contributed by atoms with E-state index in [1.54, 1.807) is 0 Å². The van der Waals surface area contributed by atoms with Crippen LogP contribution >= 0.6 is 0 Å². The Balaban J connectivity index is 0. The summed E-state index contributed by atoms with van der Waals surface area (Å²) in [5.74, 6) is 0. The molecule has 0 heterocycles. The molecule has 19 valence electrons. The zero-order chi connectivity index (χ0) is 0. The zero-order valence-corrected chi connectivity index (χ0v) is 10.2. The largest absolute Gasteiger partial charge is 0 e. The van der Waals surface area contributed by atoms with Crippen LogP contribution in [0.1, 0.15) is 0 Å². The van der Waals surface area contributed by atoms with Gasteiger partial charge in [-0.25, -0.2) is 0 Å². The average molecular weight is 334 g/mol. The van der Waals surface area contributed by atoms with Crippen LogP contribution in [0.15, 0.2) is 0 Å². The SMILES string of the molecule is [Ce].[Mn].[Ti].[Zr]. The van der Waals surface area contributed by atoms with Gasteiger partial charge in [-0.2, -0.15) is 0 Å². The zero-order valence-electron chi connectivity index (χ0n) is 1.88. The molecule has 0 aromatic heterocycles. The van der Waals surface area contributed by atoms with Crippen molar-refractivity contribution in [1.82, 2.24) is 0 Å². The third-order valence-corrected chi connectivity index (χ3v) is 0. The molecule has 0 aliphatic carbocycles. The van der Waals surface area contributed by atoms with Gasteiger partial charge in [-0.05, 0) is 0 Å². The molecule has 0 aliphatic rings. The molecule has 0 saturated carbocycles. The summed E-state index contributed by atoms with van der Waals surface area (Å²) in [6, 6.07) is 0. The minimum atomic E-state index is 0. The smallest absolute Gasteiger partial charge is 0 e. The van der Waals surface area contributed by atoms with Crippen molar-refractivity contribution in [2.45, 2.75) is 0 Å². The van der Waals surface area contributed by atoms with Crippen LogP contribution in [0.25, 0.3) is 0 Å². The van der Waals surface area contributed by atoms with Gasteiger partial charge in [0.2, 0.25) is 0 Å². The quantitative estimate of drug-likeness (QED) is 0.547. The molecule has 0 atom stereocenters. The van der Waals surface area contributed by atoms with E-state index in [0.717, 1.165) is 0 Å². The molecule has 0 spiro atoms. The molecule has 4 heavy (non-hydrogen) atoms. The van der Waals surface area contributed by atoms with Crippen molar-refractivity contribution >= 4 is 0 Å². The van der Waals surface area contributed by atoms with Crippen molar-refractivity contribution in [3.05, 3.63) is 0 Å². The van der Waals surface area contributed by atoms with Gasteiger partial charge < -0.3 is 0 Å². The predicted molar refractivity (Wildman–Crippen MR) is 0 cm³/mol. The van der Waals surface area contributed by atoms with E-state index in [1.165, 1.54) is 0 Å². The van der Waals surface area contributed by atoms with Crippen LogP contribution in [0, 0.1) is 41.7 Å². The standard InChI is InChI=1S/Ce.Mn.Ti.Zr. The number of hydrogen-bond donors (Lipinski definition) is 0. The fourth-order valence-electron chi connectivity index (χ4n) is 0. The van der Waals surface area contributed by atoms with Crippen LogP contribution in [-0.4, -0.2) is 0 Å². The Morgan fingerprint density at radius 3 is 1.00 bits per heavy atom. The molecule has 0 aromatic carbocycles. The molecule has 0 bridgehead atoms. The van der Waals surface area contributed by atoms with E-state index in [-0.39, 0.29) is 107 Å². The third kappa shape index (κ3) is 9.09. The summed E-state index contributed by atoms with van der Waals surface area (Å²) < 4.78 is 0. The van der Waals surface area contributed by atoms with Gasteiger partial charge in [-0.1, -0.05) is 0 Å². The van der Waals surface area contributed by atoms with E-state index >= 15 is 0 Å². The van der Waals surface area contributed by atoms with Crippen molar-refractivity contribution in [3.8, 4) is 0 Å². The van der Waals surface area contributed by atoms with E-state index in [1.807, 2.05) is 0 Å². The second-order valence-electron chi connectivity index (χ2n) is 0. The molecule has 0 saturated heterocycles. The van der Waals surface area contributed by atoms with Gasteiger partial charge in [0.1, 0.15) is 0 Å². The molecule has 1 radical (unpaired) electrons. The summed E-state index contributed by atoms with van der Waals surface area (Å²) >= 11 is 0. The summed E-state index contributed by atoms with van der Waals surface area (Å²) in [4.78, 5) is 0. The van der Waals surface area contributed by atoms with E-state index < -0.39 is 0 Å². The normalized spacial score (nSPS) is 0. The second kappa shape index (κ2) is 16.1. The Morgan fingerprint density at radius 2 is 1.00 bits per heavy atom. The Hall–Kier alpha value is 3.49. The number of rotatable bonds is 0. The van der Waals surface area contributed by atoms with Gasteiger partial charge in [0, 0.05) is 107 Å².